The number of benzene rings is 1. The maximum atomic E-state index is 13.0. The van der Waals surface area contributed by atoms with Gasteiger partial charge in [0.05, 0.1) is 11.1 Å². The molecule has 0 saturated heterocycles. The number of carboxylic acids is 1. The molecule has 4 aliphatic rings. The summed E-state index contributed by atoms with van der Waals surface area (Å²) in [5.74, 6) is 1.19. The van der Waals surface area contributed by atoms with Crippen LogP contribution in [0.4, 0.5) is 0 Å². The van der Waals surface area contributed by atoms with Gasteiger partial charge >= 0.3 is 5.97 Å². The summed E-state index contributed by atoms with van der Waals surface area (Å²) in [6.07, 6.45) is 9.68. The first kappa shape index (κ1) is 16.8. The van der Waals surface area contributed by atoms with E-state index in [2.05, 4.69) is 5.32 Å². The van der Waals surface area contributed by atoms with Crippen molar-refractivity contribution in [3.63, 3.8) is 0 Å². The molecule has 2 aromatic rings. The molecule has 6 rings (SSSR count). The largest absolute Gasteiger partial charge is 0.478 e. The topological polar surface area (TPSA) is 71.3 Å². The molecule has 1 aromatic heterocycles. The molecule has 4 saturated carbocycles. The van der Waals surface area contributed by atoms with Gasteiger partial charge in [-0.05, 0) is 79.9 Å². The number of nitrogens with zero attached hydrogens (tertiary/aromatic N) is 1. The van der Waals surface area contributed by atoms with E-state index >= 15 is 0 Å². The monoisotopic (exact) mass is 366 g/mol. The number of fused-ring (bicyclic) bond motifs is 1. The zero-order valence-corrected chi connectivity index (χ0v) is 15.7. The van der Waals surface area contributed by atoms with Crippen molar-refractivity contribution < 1.29 is 14.7 Å². The SMILES string of the molecule is Cn1ccc2cc(C(=O)O)c(C(=O)NCC34CC5CC(CC(C5)C3)C4)cc21. The van der Waals surface area contributed by atoms with Crippen LogP contribution in [0.3, 0.4) is 0 Å². The first-order valence-electron chi connectivity index (χ1n) is 10.0. The first-order valence-corrected chi connectivity index (χ1v) is 10.0. The Labute approximate surface area is 158 Å². The predicted octanol–water partition coefficient (Wildman–Crippen LogP) is 3.82. The lowest BCUT2D eigenvalue weighted by atomic mass is 9.49. The molecule has 0 atom stereocenters. The summed E-state index contributed by atoms with van der Waals surface area (Å²) in [6, 6.07) is 5.20. The van der Waals surface area contributed by atoms with Crippen molar-refractivity contribution in [2.24, 2.45) is 30.2 Å². The summed E-state index contributed by atoms with van der Waals surface area (Å²) in [7, 11) is 1.90. The molecule has 4 bridgehead atoms. The standard InChI is InChI=1S/C22H26N2O3/c1-24-3-2-16-7-18(21(26)27)17(8-19(16)24)20(25)23-12-22-9-13-4-14(10-22)6-15(5-13)11-22/h2-3,7-8,13-15H,4-6,9-12H2,1H3,(H,23,25)(H,26,27). The second kappa shape index (κ2) is 5.85. The minimum atomic E-state index is -1.05. The van der Waals surface area contributed by atoms with Crippen LogP contribution in [-0.4, -0.2) is 28.1 Å². The number of hydrogen-bond acceptors (Lipinski definition) is 2. The predicted molar refractivity (Wildman–Crippen MR) is 103 cm³/mol. The van der Waals surface area contributed by atoms with Gasteiger partial charge in [0.25, 0.3) is 5.91 Å². The molecule has 4 aliphatic carbocycles. The maximum absolute atomic E-state index is 13.0. The van der Waals surface area contributed by atoms with Gasteiger partial charge in [-0.1, -0.05) is 0 Å². The Morgan fingerprint density at radius 1 is 1.11 bits per heavy atom. The van der Waals surface area contributed by atoms with E-state index in [1.807, 2.05) is 23.9 Å². The number of aromatic nitrogens is 1. The zero-order valence-electron chi connectivity index (χ0n) is 15.7. The van der Waals surface area contributed by atoms with Gasteiger partial charge in [0.2, 0.25) is 0 Å². The summed E-state index contributed by atoms with van der Waals surface area (Å²) in [4.78, 5) is 24.7. The first-order chi connectivity index (χ1) is 12.9. The summed E-state index contributed by atoms with van der Waals surface area (Å²) < 4.78 is 1.91. The fraction of sp³-hybridized carbons (Fsp3) is 0.545. The fourth-order valence-corrected chi connectivity index (χ4v) is 6.55. The maximum Gasteiger partial charge on any atom is 0.336 e. The Kier molecular flexibility index (Phi) is 3.65. The van der Waals surface area contributed by atoms with E-state index in [0.717, 1.165) is 28.7 Å². The third-order valence-electron chi connectivity index (χ3n) is 7.29. The minimum Gasteiger partial charge on any atom is -0.478 e. The van der Waals surface area contributed by atoms with E-state index in [1.54, 1.807) is 12.1 Å². The van der Waals surface area contributed by atoms with Crippen molar-refractivity contribution in [3.05, 3.63) is 35.5 Å². The molecule has 1 aromatic carbocycles. The van der Waals surface area contributed by atoms with Crippen molar-refractivity contribution in [1.82, 2.24) is 9.88 Å². The van der Waals surface area contributed by atoms with Gasteiger partial charge in [0.15, 0.2) is 0 Å². The molecule has 5 heteroatoms. The molecule has 27 heavy (non-hydrogen) atoms. The second-order valence-electron chi connectivity index (χ2n) is 9.29. The lowest BCUT2D eigenvalue weighted by Gasteiger charge is -2.56. The van der Waals surface area contributed by atoms with Gasteiger partial charge in [-0.2, -0.15) is 0 Å². The smallest absolute Gasteiger partial charge is 0.336 e. The molecule has 142 valence electrons. The van der Waals surface area contributed by atoms with Crippen LogP contribution < -0.4 is 5.32 Å². The number of aromatic carboxylic acids is 1. The molecule has 2 N–H and O–H groups in total. The van der Waals surface area contributed by atoms with Crippen LogP contribution in [0.5, 0.6) is 0 Å². The second-order valence-corrected chi connectivity index (χ2v) is 9.29. The Balaban J connectivity index is 1.40. The molecule has 5 nitrogen and oxygen atoms in total. The number of carbonyl (C=O) groups is 2. The Bertz CT molecular complexity index is 907. The fourth-order valence-electron chi connectivity index (χ4n) is 6.55. The highest BCUT2D eigenvalue weighted by molar-refractivity contribution is 6.08. The van der Waals surface area contributed by atoms with Gasteiger partial charge < -0.3 is 15.0 Å². The van der Waals surface area contributed by atoms with E-state index < -0.39 is 5.97 Å². The van der Waals surface area contributed by atoms with E-state index in [0.29, 0.717) is 6.54 Å². The Hall–Kier alpha value is -2.30. The van der Waals surface area contributed by atoms with Crippen LogP contribution in [0.15, 0.2) is 24.4 Å². The lowest BCUT2D eigenvalue weighted by Crippen LogP contribution is -2.51. The zero-order chi connectivity index (χ0) is 18.8. The molecule has 1 heterocycles. The molecule has 1 amide bonds. The number of rotatable bonds is 4. The van der Waals surface area contributed by atoms with Crippen LogP contribution in [0, 0.1) is 23.2 Å². The third-order valence-corrected chi connectivity index (χ3v) is 7.29. The normalized spacial score (nSPS) is 31.4. The molecule has 0 spiro atoms. The van der Waals surface area contributed by atoms with Crippen molar-refractivity contribution in [3.8, 4) is 0 Å². The van der Waals surface area contributed by atoms with Crippen LogP contribution in [0.2, 0.25) is 0 Å². The van der Waals surface area contributed by atoms with E-state index in [9.17, 15) is 14.7 Å². The number of hydrogen-bond donors (Lipinski definition) is 2. The average molecular weight is 366 g/mol. The number of carbonyl (C=O) groups excluding carboxylic acids is 1. The van der Waals surface area contributed by atoms with Crippen LogP contribution >= 0.6 is 0 Å². The highest BCUT2D eigenvalue weighted by Crippen LogP contribution is 2.59. The van der Waals surface area contributed by atoms with Gasteiger partial charge in [-0.15, -0.1) is 0 Å². The van der Waals surface area contributed by atoms with Crippen LogP contribution in [-0.2, 0) is 7.05 Å². The Morgan fingerprint density at radius 3 is 2.33 bits per heavy atom. The molecule has 0 unspecified atom stereocenters. The van der Waals surface area contributed by atoms with Crippen molar-refractivity contribution in [2.75, 3.05) is 6.54 Å². The van der Waals surface area contributed by atoms with Crippen molar-refractivity contribution in [1.29, 1.82) is 0 Å². The van der Waals surface area contributed by atoms with Crippen molar-refractivity contribution in [2.45, 2.75) is 38.5 Å². The van der Waals surface area contributed by atoms with E-state index in [-0.39, 0.29) is 22.4 Å². The van der Waals surface area contributed by atoms with E-state index in [4.69, 9.17) is 0 Å². The molecule has 0 radical (unpaired) electrons. The Morgan fingerprint density at radius 2 is 1.74 bits per heavy atom. The summed E-state index contributed by atoms with van der Waals surface area (Å²) >= 11 is 0. The van der Waals surface area contributed by atoms with E-state index in [1.165, 1.54) is 38.5 Å². The molecular formula is C22H26N2O3. The molecule has 4 fully saturated rings. The minimum absolute atomic E-state index is 0.0803. The number of aryl methyl sites for hydroxylation is 1. The number of carboxylic acid groups (broad SMARTS) is 1. The van der Waals surface area contributed by atoms with Gasteiger partial charge in [-0.3, -0.25) is 4.79 Å². The molecule has 0 aliphatic heterocycles. The van der Waals surface area contributed by atoms with Gasteiger partial charge in [0.1, 0.15) is 0 Å². The summed E-state index contributed by atoms with van der Waals surface area (Å²) in [5, 5.41) is 13.5. The third kappa shape index (κ3) is 2.75. The van der Waals surface area contributed by atoms with Crippen molar-refractivity contribution >= 4 is 22.8 Å². The quantitative estimate of drug-likeness (QED) is 0.864. The summed E-state index contributed by atoms with van der Waals surface area (Å²) in [6.45, 7) is 0.680. The van der Waals surface area contributed by atoms with Gasteiger partial charge in [0, 0.05) is 30.7 Å². The number of nitrogens with one attached hydrogen (secondary N) is 1. The average Bonchev–Trinajstić information content (AvgIpc) is 2.98. The lowest BCUT2D eigenvalue weighted by molar-refractivity contribution is -0.0503. The van der Waals surface area contributed by atoms with Gasteiger partial charge in [-0.25, -0.2) is 4.79 Å². The van der Waals surface area contributed by atoms with Crippen LogP contribution in [0.25, 0.3) is 10.9 Å². The number of amides is 1. The highest BCUT2D eigenvalue weighted by Gasteiger charge is 2.50. The van der Waals surface area contributed by atoms with Crippen LogP contribution in [0.1, 0.15) is 59.2 Å². The highest BCUT2D eigenvalue weighted by atomic mass is 16.4. The molecular weight excluding hydrogens is 340 g/mol. The summed E-state index contributed by atoms with van der Waals surface area (Å²) in [5.41, 5.74) is 1.46.